The first-order valence-electron chi connectivity index (χ1n) is 3.72. The molecule has 0 spiro atoms. The average Bonchev–Trinajstić information content (AvgIpc) is 1.96. The van der Waals surface area contributed by atoms with Gasteiger partial charge < -0.3 is 10.6 Å². The summed E-state index contributed by atoms with van der Waals surface area (Å²) in [7, 11) is 0. The molecule has 0 saturated heterocycles. The Labute approximate surface area is 66.4 Å². The monoisotopic (exact) mass is 158 g/mol. The van der Waals surface area contributed by atoms with E-state index in [9.17, 15) is 4.79 Å². The van der Waals surface area contributed by atoms with Gasteiger partial charge >= 0.3 is 0 Å². The third kappa shape index (κ3) is 8.94. The number of carbonyl (C=O) groups is 1. The minimum atomic E-state index is -0.583. The Kier molecular flexibility index (Phi) is 6.37. The van der Waals surface area contributed by atoms with Crippen LogP contribution < -0.4 is 5.73 Å². The van der Waals surface area contributed by atoms with Crippen LogP contribution >= 0.6 is 0 Å². The summed E-state index contributed by atoms with van der Waals surface area (Å²) in [4.78, 5) is 14.8. The topological polar surface area (TPSA) is 64.7 Å². The van der Waals surface area contributed by atoms with Crippen LogP contribution in [0.3, 0.4) is 0 Å². The lowest BCUT2D eigenvalue weighted by Crippen LogP contribution is -2.11. The average molecular weight is 158 g/mol. The minimum absolute atomic E-state index is 0.553. The number of hydrogen-bond donors (Lipinski definition) is 1. The molecule has 4 nitrogen and oxygen atoms in total. The van der Waals surface area contributed by atoms with Crippen molar-refractivity contribution in [2.45, 2.75) is 26.2 Å². The largest absolute Gasteiger partial charge is 0.396 e. The zero-order valence-corrected chi connectivity index (χ0v) is 6.75. The number of carbonyl (C=O) groups excluding carboxylic acids is 1. The van der Waals surface area contributed by atoms with Crippen LogP contribution in [0.25, 0.3) is 0 Å². The van der Waals surface area contributed by atoms with Gasteiger partial charge in [-0.2, -0.15) is 0 Å². The van der Waals surface area contributed by atoms with E-state index in [4.69, 9.17) is 10.6 Å². The van der Waals surface area contributed by atoms with Crippen molar-refractivity contribution in [3.05, 3.63) is 0 Å². The van der Waals surface area contributed by atoms with E-state index in [-0.39, 0.29) is 0 Å². The molecule has 0 radical (unpaired) electrons. The fourth-order valence-electron chi connectivity index (χ4n) is 0.559. The molecule has 2 N–H and O–H groups in total. The quantitative estimate of drug-likeness (QED) is 0.350. The molecule has 11 heavy (non-hydrogen) atoms. The summed E-state index contributed by atoms with van der Waals surface area (Å²) in [6, 6.07) is 0. The highest BCUT2D eigenvalue weighted by Gasteiger charge is 1.86. The van der Waals surface area contributed by atoms with E-state index in [1.165, 1.54) is 0 Å². The van der Waals surface area contributed by atoms with Crippen molar-refractivity contribution in [2.75, 3.05) is 6.61 Å². The van der Waals surface area contributed by atoms with E-state index < -0.39 is 5.91 Å². The summed E-state index contributed by atoms with van der Waals surface area (Å²) in [5.74, 6) is -0.583. The van der Waals surface area contributed by atoms with Crippen LogP contribution in [0.1, 0.15) is 26.2 Å². The third-order valence-electron chi connectivity index (χ3n) is 1.09. The number of primary amides is 1. The van der Waals surface area contributed by atoms with Gasteiger partial charge in [0.25, 0.3) is 5.91 Å². The molecule has 0 aliphatic rings. The maximum Gasteiger partial charge on any atom is 0.263 e. The molecule has 0 aromatic heterocycles. The Bertz CT molecular complexity index is 134. The molecule has 0 aliphatic carbocycles. The van der Waals surface area contributed by atoms with Gasteiger partial charge in [0.2, 0.25) is 0 Å². The molecule has 0 rings (SSSR count). The maximum atomic E-state index is 10.1. The summed E-state index contributed by atoms with van der Waals surface area (Å²) < 4.78 is 0. The normalized spacial score (nSPS) is 10.3. The van der Waals surface area contributed by atoms with Crippen molar-refractivity contribution in [1.29, 1.82) is 0 Å². The lowest BCUT2D eigenvalue weighted by molar-refractivity contribution is -0.111. The van der Waals surface area contributed by atoms with Crippen LogP contribution in [-0.4, -0.2) is 18.7 Å². The van der Waals surface area contributed by atoms with Gasteiger partial charge in [-0.15, -0.1) is 0 Å². The van der Waals surface area contributed by atoms with E-state index in [0.717, 1.165) is 25.5 Å². The number of unbranched alkanes of at least 4 members (excludes halogenated alkanes) is 2. The first-order chi connectivity index (χ1) is 5.27. The second-order valence-electron chi connectivity index (χ2n) is 2.18. The molecular weight excluding hydrogens is 144 g/mol. The van der Waals surface area contributed by atoms with Crippen molar-refractivity contribution in [3.8, 4) is 0 Å². The Balaban J connectivity index is 3.07. The van der Waals surface area contributed by atoms with Crippen molar-refractivity contribution < 1.29 is 9.63 Å². The Morgan fingerprint density at radius 1 is 1.64 bits per heavy atom. The van der Waals surface area contributed by atoms with Crippen molar-refractivity contribution in [3.63, 3.8) is 0 Å². The van der Waals surface area contributed by atoms with E-state index in [0.29, 0.717) is 6.61 Å². The molecule has 0 aromatic rings. The van der Waals surface area contributed by atoms with E-state index in [1.807, 2.05) is 0 Å². The molecule has 0 heterocycles. The first kappa shape index (κ1) is 9.94. The third-order valence-corrected chi connectivity index (χ3v) is 1.09. The number of oxime groups is 1. The fourth-order valence-corrected chi connectivity index (χ4v) is 0.559. The van der Waals surface area contributed by atoms with E-state index in [2.05, 4.69) is 12.1 Å². The molecule has 0 aliphatic heterocycles. The van der Waals surface area contributed by atoms with Crippen molar-refractivity contribution in [1.82, 2.24) is 0 Å². The summed E-state index contributed by atoms with van der Waals surface area (Å²) in [5.41, 5.74) is 4.77. The number of amides is 1. The Morgan fingerprint density at radius 3 is 2.91 bits per heavy atom. The molecule has 64 valence electrons. The molecule has 4 heteroatoms. The molecule has 1 amide bonds. The highest BCUT2D eigenvalue weighted by molar-refractivity contribution is 6.25. The molecular formula is C7H14N2O2. The van der Waals surface area contributed by atoms with Crippen LogP contribution in [0.5, 0.6) is 0 Å². The van der Waals surface area contributed by atoms with Gasteiger partial charge in [0, 0.05) is 0 Å². The van der Waals surface area contributed by atoms with Crippen LogP contribution in [-0.2, 0) is 9.63 Å². The van der Waals surface area contributed by atoms with Crippen molar-refractivity contribution in [2.24, 2.45) is 10.9 Å². The smallest absolute Gasteiger partial charge is 0.263 e. The van der Waals surface area contributed by atoms with Crippen LogP contribution in [0.2, 0.25) is 0 Å². The van der Waals surface area contributed by atoms with Gasteiger partial charge in [-0.25, -0.2) is 0 Å². The van der Waals surface area contributed by atoms with Gasteiger partial charge in [0.1, 0.15) is 12.8 Å². The predicted molar refractivity (Wildman–Crippen MR) is 43.2 cm³/mol. The second kappa shape index (κ2) is 7.05. The molecule has 0 unspecified atom stereocenters. The lowest BCUT2D eigenvalue weighted by Gasteiger charge is -1.95. The number of rotatable bonds is 6. The minimum Gasteiger partial charge on any atom is -0.396 e. The van der Waals surface area contributed by atoms with E-state index in [1.54, 1.807) is 0 Å². The predicted octanol–water partition coefficient (Wildman–Crippen LogP) is 0.664. The summed E-state index contributed by atoms with van der Waals surface area (Å²) in [5, 5.41) is 3.34. The van der Waals surface area contributed by atoms with E-state index >= 15 is 0 Å². The van der Waals surface area contributed by atoms with Gasteiger partial charge in [0.05, 0.1) is 0 Å². The maximum absolute atomic E-state index is 10.1. The fraction of sp³-hybridized carbons (Fsp3) is 0.714. The zero-order chi connectivity index (χ0) is 8.53. The second-order valence-corrected chi connectivity index (χ2v) is 2.18. The number of nitrogens with zero attached hydrogens (tertiary/aromatic N) is 1. The molecule has 0 atom stereocenters. The van der Waals surface area contributed by atoms with Gasteiger partial charge in [-0.3, -0.25) is 4.79 Å². The Morgan fingerprint density at radius 2 is 2.36 bits per heavy atom. The number of nitrogens with two attached hydrogens (primary N) is 1. The lowest BCUT2D eigenvalue weighted by atomic mass is 10.3. The highest BCUT2D eigenvalue weighted by Crippen LogP contribution is 1.93. The molecule has 0 saturated carbocycles. The van der Waals surface area contributed by atoms with Gasteiger partial charge in [-0.05, 0) is 6.42 Å². The first-order valence-corrected chi connectivity index (χ1v) is 3.72. The van der Waals surface area contributed by atoms with Gasteiger partial charge in [-0.1, -0.05) is 24.9 Å². The summed E-state index contributed by atoms with van der Waals surface area (Å²) in [6.07, 6.45) is 4.19. The Hall–Kier alpha value is -1.06. The van der Waals surface area contributed by atoms with Crippen LogP contribution in [0, 0.1) is 0 Å². The standard InChI is InChI=1S/C7H14N2O2/c1-2-3-4-5-11-9-6-7(8)10/h6H,2-5H2,1H3,(H2,8,10)/b9-6+. The summed E-state index contributed by atoms with van der Waals surface area (Å²) >= 11 is 0. The van der Waals surface area contributed by atoms with Gasteiger partial charge in [0.15, 0.2) is 0 Å². The molecule has 0 bridgehead atoms. The zero-order valence-electron chi connectivity index (χ0n) is 6.75. The van der Waals surface area contributed by atoms with Crippen LogP contribution in [0.15, 0.2) is 5.16 Å². The molecule has 0 fully saturated rings. The van der Waals surface area contributed by atoms with Crippen LogP contribution in [0.4, 0.5) is 0 Å². The highest BCUT2D eigenvalue weighted by atomic mass is 16.6. The van der Waals surface area contributed by atoms with Crippen molar-refractivity contribution >= 4 is 12.1 Å². The number of hydrogen-bond acceptors (Lipinski definition) is 3. The molecule has 0 aromatic carbocycles. The summed E-state index contributed by atoms with van der Waals surface area (Å²) in [6.45, 7) is 2.66. The SMILES string of the molecule is CCCCCO/N=C/C(N)=O.